The summed E-state index contributed by atoms with van der Waals surface area (Å²) in [7, 11) is 1.92. The maximum atomic E-state index is 6.41. The summed E-state index contributed by atoms with van der Waals surface area (Å²) in [6.45, 7) is 2.55. The van der Waals surface area contributed by atoms with E-state index in [-0.39, 0.29) is 6.04 Å². The molecule has 1 unspecified atom stereocenters. The van der Waals surface area contributed by atoms with Crippen molar-refractivity contribution in [3.63, 3.8) is 0 Å². The molecule has 1 aliphatic rings. The van der Waals surface area contributed by atoms with Crippen LogP contribution in [0.5, 0.6) is 0 Å². The number of halogens is 1. The zero-order chi connectivity index (χ0) is 20.5. The Hall–Kier alpha value is -2.96. The van der Waals surface area contributed by atoms with E-state index in [2.05, 4.69) is 28.6 Å². The van der Waals surface area contributed by atoms with Gasteiger partial charge >= 0.3 is 0 Å². The first-order valence-corrected chi connectivity index (χ1v) is 9.95. The van der Waals surface area contributed by atoms with Crippen LogP contribution in [0.4, 0.5) is 5.69 Å². The molecule has 4 rings (SSSR count). The fourth-order valence-electron chi connectivity index (χ4n) is 3.86. The number of nitrogens with two attached hydrogens (primary N) is 2. The van der Waals surface area contributed by atoms with Gasteiger partial charge in [0.2, 0.25) is 0 Å². The first-order chi connectivity index (χ1) is 13.9. The molecule has 0 spiro atoms. The van der Waals surface area contributed by atoms with E-state index < -0.39 is 0 Å². The van der Waals surface area contributed by atoms with Gasteiger partial charge < -0.3 is 16.1 Å². The van der Waals surface area contributed by atoms with Crippen LogP contribution in [-0.2, 0) is 7.05 Å². The minimum absolute atomic E-state index is 0.0319. The Kier molecular flexibility index (Phi) is 5.22. The van der Waals surface area contributed by atoms with Crippen molar-refractivity contribution in [3.8, 4) is 11.1 Å². The number of para-hydroxylation sites is 1. The SMILES string of the molecule is C/C(N)=C1\c2ccc(-c3cnn(C)c3)cc2C(Nc2ccccc2Cl)CCN1N. The van der Waals surface area contributed by atoms with E-state index in [9.17, 15) is 0 Å². The van der Waals surface area contributed by atoms with E-state index in [1.807, 2.05) is 50.6 Å². The fraction of sp³-hybridized carbons (Fsp3) is 0.227. The number of hydrogen-bond acceptors (Lipinski definition) is 5. The third kappa shape index (κ3) is 3.81. The molecule has 1 atom stereocenters. The van der Waals surface area contributed by atoms with Gasteiger partial charge in [0.15, 0.2) is 0 Å². The number of rotatable bonds is 3. The largest absolute Gasteiger partial charge is 0.401 e. The zero-order valence-electron chi connectivity index (χ0n) is 16.6. The molecule has 0 saturated heterocycles. The van der Waals surface area contributed by atoms with Crippen LogP contribution in [0, 0.1) is 0 Å². The molecule has 5 N–H and O–H groups in total. The van der Waals surface area contributed by atoms with E-state index in [1.165, 1.54) is 0 Å². The number of anilines is 1. The maximum Gasteiger partial charge on any atom is 0.0777 e. The molecule has 0 fully saturated rings. The molecule has 0 saturated carbocycles. The monoisotopic (exact) mass is 408 g/mol. The summed E-state index contributed by atoms with van der Waals surface area (Å²) in [6.07, 6.45) is 4.69. The van der Waals surface area contributed by atoms with Gasteiger partial charge in [0.25, 0.3) is 0 Å². The first-order valence-electron chi connectivity index (χ1n) is 9.57. The summed E-state index contributed by atoms with van der Waals surface area (Å²) >= 11 is 6.41. The smallest absolute Gasteiger partial charge is 0.0777 e. The van der Waals surface area contributed by atoms with Crippen LogP contribution >= 0.6 is 11.6 Å². The Labute approximate surface area is 175 Å². The molecule has 2 aromatic carbocycles. The van der Waals surface area contributed by atoms with Gasteiger partial charge in [0.05, 0.1) is 28.6 Å². The molecule has 1 aromatic heterocycles. The van der Waals surface area contributed by atoms with Crippen LogP contribution in [0.3, 0.4) is 0 Å². The average molecular weight is 409 g/mol. The van der Waals surface area contributed by atoms with Crippen molar-refractivity contribution in [2.24, 2.45) is 18.6 Å². The summed E-state index contributed by atoms with van der Waals surface area (Å²) in [4.78, 5) is 0. The van der Waals surface area contributed by atoms with Gasteiger partial charge in [-0.05, 0) is 42.7 Å². The summed E-state index contributed by atoms with van der Waals surface area (Å²) in [5, 5.41) is 10.3. The summed E-state index contributed by atoms with van der Waals surface area (Å²) in [5.41, 5.74) is 13.0. The number of hydrogen-bond donors (Lipinski definition) is 3. The van der Waals surface area contributed by atoms with E-state index in [0.717, 1.165) is 40.1 Å². The van der Waals surface area contributed by atoms with Crippen LogP contribution in [0.1, 0.15) is 30.5 Å². The Balaban J connectivity index is 1.84. The Bertz CT molecular complexity index is 1070. The van der Waals surface area contributed by atoms with Gasteiger partial charge in [-0.3, -0.25) is 4.68 Å². The summed E-state index contributed by atoms with van der Waals surface area (Å²) < 4.78 is 1.80. The van der Waals surface area contributed by atoms with Crippen LogP contribution in [-0.4, -0.2) is 21.3 Å². The number of nitrogens with zero attached hydrogens (tertiary/aromatic N) is 3. The number of benzene rings is 2. The second kappa shape index (κ2) is 7.81. The number of allylic oxidation sites excluding steroid dienone is 1. The predicted molar refractivity (Wildman–Crippen MR) is 119 cm³/mol. The number of aromatic nitrogens is 2. The highest BCUT2D eigenvalue weighted by Crippen LogP contribution is 2.38. The third-order valence-corrected chi connectivity index (χ3v) is 5.57. The topological polar surface area (TPSA) is 85.1 Å². The average Bonchev–Trinajstić information content (AvgIpc) is 3.07. The molecule has 3 aromatic rings. The van der Waals surface area contributed by atoms with Crippen LogP contribution in [0.15, 0.2) is 60.6 Å². The van der Waals surface area contributed by atoms with Crippen molar-refractivity contribution < 1.29 is 0 Å². The highest BCUT2D eigenvalue weighted by Gasteiger charge is 2.26. The number of nitrogens with one attached hydrogen (secondary N) is 1. The van der Waals surface area contributed by atoms with E-state index in [0.29, 0.717) is 17.3 Å². The summed E-state index contributed by atoms with van der Waals surface area (Å²) in [5.74, 6) is 6.36. The van der Waals surface area contributed by atoms with Gasteiger partial charge in [-0.2, -0.15) is 5.10 Å². The van der Waals surface area contributed by atoms with Gasteiger partial charge in [0.1, 0.15) is 0 Å². The molecule has 2 heterocycles. The Morgan fingerprint density at radius 3 is 2.69 bits per heavy atom. The lowest BCUT2D eigenvalue weighted by atomic mass is 9.93. The van der Waals surface area contributed by atoms with E-state index >= 15 is 0 Å². The van der Waals surface area contributed by atoms with Crippen molar-refractivity contribution >= 4 is 23.0 Å². The van der Waals surface area contributed by atoms with Crippen LogP contribution in [0.25, 0.3) is 16.8 Å². The molecule has 0 bridgehead atoms. The lowest BCUT2D eigenvalue weighted by molar-refractivity contribution is 0.402. The number of fused-ring (bicyclic) bond motifs is 1. The molecule has 1 aliphatic heterocycles. The molecular weight excluding hydrogens is 384 g/mol. The van der Waals surface area contributed by atoms with Crippen LogP contribution in [0.2, 0.25) is 5.02 Å². The standard InChI is InChI=1S/C22H25ClN6/c1-14(24)22-17-8-7-15(16-12-26-28(2)13-16)11-18(17)20(9-10-29(22)25)27-21-6-4-3-5-19(21)23/h3-8,11-13,20,27H,9-10,24-25H2,1-2H3/b22-14-. The van der Waals surface area contributed by atoms with Crippen molar-refractivity contribution in [1.82, 2.24) is 14.8 Å². The molecular formula is C22H25ClN6. The second-order valence-corrected chi connectivity index (χ2v) is 7.80. The van der Waals surface area contributed by atoms with Crippen molar-refractivity contribution in [2.75, 3.05) is 11.9 Å². The minimum atomic E-state index is 0.0319. The van der Waals surface area contributed by atoms with E-state index in [4.69, 9.17) is 23.2 Å². The second-order valence-electron chi connectivity index (χ2n) is 7.40. The maximum absolute atomic E-state index is 6.41. The van der Waals surface area contributed by atoms with Crippen molar-refractivity contribution in [1.29, 1.82) is 0 Å². The lowest BCUT2D eigenvalue weighted by Gasteiger charge is -2.22. The minimum Gasteiger partial charge on any atom is -0.401 e. The quantitative estimate of drug-likeness (QED) is 0.567. The van der Waals surface area contributed by atoms with Crippen molar-refractivity contribution in [2.45, 2.75) is 19.4 Å². The normalized spacial score (nSPS) is 18.2. The van der Waals surface area contributed by atoms with Crippen LogP contribution < -0.4 is 16.9 Å². The first kappa shape index (κ1) is 19.4. The Morgan fingerprint density at radius 2 is 2.00 bits per heavy atom. The zero-order valence-corrected chi connectivity index (χ0v) is 17.3. The summed E-state index contributed by atoms with van der Waals surface area (Å²) in [6, 6.07) is 14.2. The van der Waals surface area contributed by atoms with E-state index in [1.54, 1.807) is 9.69 Å². The number of hydrazine groups is 1. The van der Waals surface area contributed by atoms with Gasteiger partial charge in [-0.15, -0.1) is 0 Å². The predicted octanol–water partition coefficient (Wildman–Crippen LogP) is 4.12. The molecule has 0 amide bonds. The van der Waals surface area contributed by atoms with Gasteiger partial charge in [-0.1, -0.05) is 35.9 Å². The van der Waals surface area contributed by atoms with Gasteiger partial charge in [0, 0.05) is 36.6 Å². The highest BCUT2D eigenvalue weighted by molar-refractivity contribution is 6.33. The van der Waals surface area contributed by atoms with Crippen molar-refractivity contribution in [3.05, 3.63) is 76.7 Å². The molecule has 0 aliphatic carbocycles. The molecule has 29 heavy (non-hydrogen) atoms. The molecule has 6 nitrogen and oxygen atoms in total. The number of aryl methyl sites for hydroxylation is 1. The molecule has 7 heteroatoms. The highest BCUT2D eigenvalue weighted by atomic mass is 35.5. The third-order valence-electron chi connectivity index (χ3n) is 5.24. The molecule has 150 valence electrons. The Morgan fingerprint density at radius 1 is 1.21 bits per heavy atom. The van der Waals surface area contributed by atoms with Gasteiger partial charge in [-0.25, -0.2) is 5.84 Å². The lowest BCUT2D eigenvalue weighted by Crippen LogP contribution is -2.31. The molecule has 0 radical (unpaired) electrons. The fourth-order valence-corrected chi connectivity index (χ4v) is 4.05.